The Bertz CT molecular complexity index is 541. The van der Waals surface area contributed by atoms with Crippen LogP contribution < -0.4 is 5.73 Å². The van der Waals surface area contributed by atoms with Gasteiger partial charge in [-0.1, -0.05) is 12.8 Å². The van der Waals surface area contributed by atoms with Gasteiger partial charge < -0.3 is 10.8 Å². The van der Waals surface area contributed by atoms with E-state index < -0.39 is 0 Å². The number of pyridine rings is 1. The zero-order chi connectivity index (χ0) is 11.9. The number of rotatable bonds is 2. The molecule has 90 valence electrons. The Morgan fingerprint density at radius 1 is 1.35 bits per heavy atom. The maximum Gasteiger partial charge on any atom is 0.132 e. The zero-order valence-electron chi connectivity index (χ0n) is 9.76. The molecular weight excluding hydrogens is 214 g/mol. The Morgan fingerprint density at radius 2 is 2.12 bits per heavy atom. The first-order valence-corrected chi connectivity index (χ1v) is 6.12. The van der Waals surface area contributed by atoms with Crippen molar-refractivity contribution >= 4 is 5.52 Å². The summed E-state index contributed by atoms with van der Waals surface area (Å²) in [7, 11) is 0. The van der Waals surface area contributed by atoms with Crippen LogP contribution in [0.25, 0.3) is 5.52 Å². The highest BCUT2D eigenvalue weighted by molar-refractivity contribution is 5.49. The molecular formula is C13H17N3O. The van der Waals surface area contributed by atoms with Gasteiger partial charge in [-0.2, -0.15) is 0 Å². The molecule has 0 unspecified atom stereocenters. The summed E-state index contributed by atoms with van der Waals surface area (Å²) in [5, 5.41) is 9.59. The van der Waals surface area contributed by atoms with E-state index in [0.717, 1.165) is 24.2 Å². The molecule has 3 rings (SSSR count). The lowest BCUT2D eigenvalue weighted by Crippen LogP contribution is -2.34. The van der Waals surface area contributed by atoms with Gasteiger partial charge in [0.15, 0.2) is 0 Å². The minimum Gasteiger partial charge on any atom is -0.506 e. The predicted octanol–water partition coefficient (Wildman–Crippen LogP) is 1.81. The van der Waals surface area contributed by atoms with E-state index in [4.69, 9.17) is 5.73 Å². The Hall–Kier alpha value is -1.55. The maximum atomic E-state index is 9.59. The van der Waals surface area contributed by atoms with Crippen molar-refractivity contribution in [2.24, 2.45) is 5.73 Å². The standard InChI is InChI=1S/C13H17N3O/c14-9-13(5-1-2-6-13)12-15-7-10-3-4-11(17)8-16(10)12/h3-4,7-8,17H,1-2,5-6,9,14H2. The van der Waals surface area contributed by atoms with Crippen molar-refractivity contribution in [3.05, 3.63) is 30.4 Å². The van der Waals surface area contributed by atoms with Crippen LogP contribution in [0.5, 0.6) is 5.75 Å². The van der Waals surface area contributed by atoms with Crippen molar-refractivity contribution < 1.29 is 5.11 Å². The molecule has 3 N–H and O–H groups in total. The lowest BCUT2D eigenvalue weighted by molar-refractivity contribution is 0.420. The third kappa shape index (κ3) is 1.52. The molecule has 1 saturated carbocycles. The third-order valence-electron chi connectivity index (χ3n) is 3.94. The summed E-state index contributed by atoms with van der Waals surface area (Å²) in [4.78, 5) is 4.53. The molecule has 2 aromatic heterocycles. The fourth-order valence-corrected chi connectivity index (χ4v) is 2.94. The summed E-state index contributed by atoms with van der Waals surface area (Å²) < 4.78 is 1.98. The molecule has 0 bridgehead atoms. The van der Waals surface area contributed by atoms with Crippen LogP contribution >= 0.6 is 0 Å². The van der Waals surface area contributed by atoms with Crippen LogP contribution in [-0.2, 0) is 5.41 Å². The number of aromatic nitrogens is 2. The molecule has 0 radical (unpaired) electrons. The second-order valence-electron chi connectivity index (χ2n) is 4.96. The molecule has 0 aliphatic heterocycles. The Morgan fingerprint density at radius 3 is 2.82 bits per heavy atom. The predicted molar refractivity (Wildman–Crippen MR) is 66.1 cm³/mol. The van der Waals surface area contributed by atoms with Crippen LogP contribution in [0.15, 0.2) is 24.5 Å². The van der Waals surface area contributed by atoms with Gasteiger partial charge in [-0.25, -0.2) is 4.98 Å². The number of imidazole rings is 1. The van der Waals surface area contributed by atoms with Crippen LogP contribution in [0.1, 0.15) is 31.5 Å². The van der Waals surface area contributed by atoms with E-state index in [1.54, 1.807) is 12.3 Å². The van der Waals surface area contributed by atoms with Crippen LogP contribution in [0.4, 0.5) is 0 Å². The van der Waals surface area contributed by atoms with Crippen molar-refractivity contribution in [1.29, 1.82) is 0 Å². The molecule has 1 fully saturated rings. The highest BCUT2D eigenvalue weighted by atomic mass is 16.3. The average Bonchev–Trinajstić information content (AvgIpc) is 2.94. The van der Waals surface area contributed by atoms with Gasteiger partial charge in [0.2, 0.25) is 0 Å². The van der Waals surface area contributed by atoms with Gasteiger partial charge in [0.05, 0.1) is 17.9 Å². The number of hydrogen-bond donors (Lipinski definition) is 2. The molecule has 0 aromatic carbocycles. The highest BCUT2D eigenvalue weighted by Gasteiger charge is 2.37. The number of nitrogens with two attached hydrogens (primary N) is 1. The van der Waals surface area contributed by atoms with E-state index in [-0.39, 0.29) is 11.2 Å². The molecule has 0 atom stereocenters. The largest absolute Gasteiger partial charge is 0.506 e. The first kappa shape index (κ1) is 10.6. The van der Waals surface area contributed by atoms with E-state index in [1.165, 1.54) is 12.8 Å². The van der Waals surface area contributed by atoms with Gasteiger partial charge in [0.25, 0.3) is 0 Å². The molecule has 0 saturated heterocycles. The minimum atomic E-state index is 0.000208. The molecule has 0 amide bonds. The van der Waals surface area contributed by atoms with Gasteiger partial charge >= 0.3 is 0 Å². The van der Waals surface area contributed by atoms with E-state index in [1.807, 2.05) is 16.7 Å². The second kappa shape index (κ2) is 3.74. The molecule has 4 nitrogen and oxygen atoms in total. The highest BCUT2D eigenvalue weighted by Crippen LogP contribution is 2.39. The Labute approximate surface area is 100 Å². The van der Waals surface area contributed by atoms with E-state index >= 15 is 0 Å². The number of aromatic hydroxyl groups is 1. The van der Waals surface area contributed by atoms with Gasteiger partial charge in [-0.05, 0) is 25.0 Å². The first-order chi connectivity index (χ1) is 8.25. The number of hydrogen-bond acceptors (Lipinski definition) is 3. The van der Waals surface area contributed by atoms with Gasteiger partial charge in [0.1, 0.15) is 11.6 Å². The molecule has 4 heteroatoms. The third-order valence-corrected chi connectivity index (χ3v) is 3.94. The average molecular weight is 231 g/mol. The van der Waals surface area contributed by atoms with E-state index in [0.29, 0.717) is 6.54 Å². The Balaban J connectivity index is 2.19. The van der Waals surface area contributed by atoms with Crippen molar-refractivity contribution in [3.63, 3.8) is 0 Å². The molecule has 17 heavy (non-hydrogen) atoms. The summed E-state index contributed by atoms with van der Waals surface area (Å²) >= 11 is 0. The van der Waals surface area contributed by atoms with Crippen LogP contribution in [0.2, 0.25) is 0 Å². The SMILES string of the molecule is NCC1(c2ncc3ccc(O)cn23)CCCC1. The van der Waals surface area contributed by atoms with Crippen LogP contribution in [0.3, 0.4) is 0 Å². The lowest BCUT2D eigenvalue weighted by Gasteiger charge is -2.25. The summed E-state index contributed by atoms with van der Waals surface area (Å²) in [6.07, 6.45) is 8.20. The fourth-order valence-electron chi connectivity index (χ4n) is 2.94. The molecule has 2 aromatic rings. The number of nitrogens with zero attached hydrogens (tertiary/aromatic N) is 2. The van der Waals surface area contributed by atoms with Crippen molar-refractivity contribution in [2.45, 2.75) is 31.1 Å². The topological polar surface area (TPSA) is 63.5 Å². The smallest absolute Gasteiger partial charge is 0.132 e. The zero-order valence-corrected chi connectivity index (χ0v) is 9.76. The maximum absolute atomic E-state index is 9.59. The van der Waals surface area contributed by atoms with Crippen molar-refractivity contribution in [3.8, 4) is 5.75 Å². The minimum absolute atomic E-state index is 0.000208. The van der Waals surface area contributed by atoms with Crippen molar-refractivity contribution in [2.75, 3.05) is 6.54 Å². The monoisotopic (exact) mass is 231 g/mol. The van der Waals surface area contributed by atoms with E-state index in [2.05, 4.69) is 4.98 Å². The summed E-state index contributed by atoms with van der Waals surface area (Å²) in [5.74, 6) is 1.27. The molecule has 1 aliphatic carbocycles. The summed E-state index contributed by atoms with van der Waals surface area (Å²) in [6.45, 7) is 0.627. The normalized spacial score (nSPS) is 18.9. The quantitative estimate of drug-likeness (QED) is 0.828. The van der Waals surface area contributed by atoms with Gasteiger partial charge in [0, 0.05) is 12.0 Å². The fraction of sp³-hybridized carbons (Fsp3) is 0.462. The second-order valence-corrected chi connectivity index (χ2v) is 4.96. The van der Waals surface area contributed by atoms with Gasteiger partial charge in [-0.15, -0.1) is 0 Å². The molecule has 0 spiro atoms. The van der Waals surface area contributed by atoms with Crippen LogP contribution in [-0.4, -0.2) is 21.0 Å². The lowest BCUT2D eigenvalue weighted by atomic mass is 9.85. The van der Waals surface area contributed by atoms with Crippen LogP contribution in [0, 0.1) is 0 Å². The number of fused-ring (bicyclic) bond motifs is 1. The van der Waals surface area contributed by atoms with Gasteiger partial charge in [-0.3, -0.25) is 4.40 Å². The summed E-state index contributed by atoms with van der Waals surface area (Å²) in [6, 6.07) is 3.57. The summed E-state index contributed by atoms with van der Waals surface area (Å²) in [5.41, 5.74) is 6.99. The Kier molecular flexibility index (Phi) is 2.33. The molecule has 2 heterocycles. The van der Waals surface area contributed by atoms with Crippen molar-refractivity contribution in [1.82, 2.24) is 9.38 Å². The first-order valence-electron chi connectivity index (χ1n) is 6.12. The molecule has 1 aliphatic rings. The van der Waals surface area contributed by atoms with E-state index in [9.17, 15) is 5.11 Å².